The van der Waals surface area contributed by atoms with Crippen molar-refractivity contribution in [3.63, 3.8) is 0 Å². The Morgan fingerprint density at radius 2 is 2.36 bits per heavy atom. The standard InChI is InChI=1S/C7H15NO3/c1-3-4-5-8-11-7(10)6(2)9/h6,8-9H,3-5H2,1-2H3. The summed E-state index contributed by atoms with van der Waals surface area (Å²) < 4.78 is 0. The van der Waals surface area contributed by atoms with E-state index in [4.69, 9.17) is 5.11 Å². The summed E-state index contributed by atoms with van der Waals surface area (Å²) in [6, 6.07) is 0. The minimum Gasteiger partial charge on any atom is -0.382 e. The molecule has 0 aromatic heterocycles. The Kier molecular flexibility index (Phi) is 5.78. The summed E-state index contributed by atoms with van der Waals surface area (Å²) in [6.45, 7) is 4.04. The number of nitrogens with one attached hydrogen (secondary N) is 1. The predicted molar refractivity (Wildman–Crippen MR) is 40.7 cm³/mol. The topological polar surface area (TPSA) is 58.6 Å². The molecule has 1 atom stereocenters. The Morgan fingerprint density at radius 3 is 2.82 bits per heavy atom. The van der Waals surface area contributed by atoms with Crippen molar-refractivity contribution in [2.24, 2.45) is 0 Å². The van der Waals surface area contributed by atoms with Crippen molar-refractivity contribution in [1.82, 2.24) is 5.48 Å². The van der Waals surface area contributed by atoms with Crippen LogP contribution >= 0.6 is 0 Å². The van der Waals surface area contributed by atoms with E-state index < -0.39 is 12.1 Å². The highest BCUT2D eigenvalue weighted by Crippen LogP contribution is 1.85. The Labute approximate surface area is 66.5 Å². The normalized spacial score (nSPS) is 12.6. The molecule has 0 saturated heterocycles. The van der Waals surface area contributed by atoms with Crippen molar-refractivity contribution >= 4 is 5.97 Å². The van der Waals surface area contributed by atoms with Crippen LogP contribution in [0.15, 0.2) is 0 Å². The van der Waals surface area contributed by atoms with E-state index in [1.54, 1.807) is 0 Å². The van der Waals surface area contributed by atoms with Gasteiger partial charge in [-0.1, -0.05) is 13.3 Å². The number of hydroxylamine groups is 1. The fourth-order valence-electron chi connectivity index (χ4n) is 0.456. The second-order valence-corrected chi connectivity index (χ2v) is 2.34. The van der Waals surface area contributed by atoms with E-state index in [1.807, 2.05) is 6.92 Å². The minimum absolute atomic E-state index is 0.634. The van der Waals surface area contributed by atoms with Crippen molar-refractivity contribution < 1.29 is 14.7 Å². The molecular weight excluding hydrogens is 146 g/mol. The number of aliphatic hydroxyl groups is 1. The first-order chi connectivity index (χ1) is 5.18. The lowest BCUT2D eigenvalue weighted by atomic mass is 10.3. The fraction of sp³-hybridized carbons (Fsp3) is 0.857. The monoisotopic (exact) mass is 161 g/mol. The lowest BCUT2D eigenvalue weighted by molar-refractivity contribution is -0.160. The first-order valence-corrected chi connectivity index (χ1v) is 3.80. The van der Waals surface area contributed by atoms with Gasteiger partial charge in [0.2, 0.25) is 0 Å². The molecule has 0 rings (SSSR count). The fourth-order valence-corrected chi connectivity index (χ4v) is 0.456. The number of rotatable bonds is 5. The van der Waals surface area contributed by atoms with Crippen molar-refractivity contribution in [3.8, 4) is 0 Å². The molecule has 4 heteroatoms. The Morgan fingerprint density at radius 1 is 1.73 bits per heavy atom. The molecule has 0 heterocycles. The Hall–Kier alpha value is -0.610. The van der Waals surface area contributed by atoms with Crippen molar-refractivity contribution in [2.45, 2.75) is 32.8 Å². The van der Waals surface area contributed by atoms with Crippen LogP contribution in [0.25, 0.3) is 0 Å². The third kappa shape index (κ3) is 5.82. The molecule has 0 aliphatic rings. The van der Waals surface area contributed by atoms with Crippen LogP contribution in [0, 0.1) is 0 Å². The first-order valence-electron chi connectivity index (χ1n) is 3.80. The molecule has 0 fully saturated rings. The third-order valence-corrected chi connectivity index (χ3v) is 1.15. The van der Waals surface area contributed by atoms with Gasteiger partial charge in [0, 0.05) is 6.54 Å². The average Bonchev–Trinajstić information content (AvgIpc) is 1.97. The van der Waals surface area contributed by atoms with Gasteiger partial charge in [-0.25, -0.2) is 4.79 Å². The van der Waals surface area contributed by atoms with Gasteiger partial charge in [-0.2, -0.15) is 5.48 Å². The summed E-state index contributed by atoms with van der Waals surface area (Å²) >= 11 is 0. The van der Waals surface area contributed by atoms with Crippen LogP contribution in [-0.4, -0.2) is 23.7 Å². The van der Waals surface area contributed by atoms with E-state index >= 15 is 0 Å². The van der Waals surface area contributed by atoms with E-state index in [2.05, 4.69) is 10.3 Å². The molecule has 0 spiro atoms. The summed E-state index contributed by atoms with van der Waals surface area (Å²) in [6.07, 6.45) is 0.941. The maximum absolute atomic E-state index is 10.6. The van der Waals surface area contributed by atoms with Gasteiger partial charge in [-0.3, -0.25) is 0 Å². The lowest BCUT2D eigenvalue weighted by Gasteiger charge is -2.05. The van der Waals surface area contributed by atoms with E-state index in [-0.39, 0.29) is 0 Å². The molecule has 0 amide bonds. The number of hydrogen-bond acceptors (Lipinski definition) is 4. The van der Waals surface area contributed by atoms with E-state index in [0.717, 1.165) is 12.8 Å². The number of hydrogen-bond donors (Lipinski definition) is 2. The van der Waals surface area contributed by atoms with Gasteiger partial charge >= 0.3 is 5.97 Å². The number of carbonyl (C=O) groups excluding carboxylic acids is 1. The van der Waals surface area contributed by atoms with Gasteiger partial charge in [0.05, 0.1) is 0 Å². The number of unbranched alkanes of at least 4 members (excludes halogenated alkanes) is 1. The van der Waals surface area contributed by atoms with Gasteiger partial charge in [0.25, 0.3) is 0 Å². The molecule has 2 N–H and O–H groups in total. The van der Waals surface area contributed by atoms with Crippen LogP contribution in [0.5, 0.6) is 0 Å². The maximum atomic E-state index is 10.6. The van der Waals surface area contributed by atoms with Gasteiger partial charge in [-0.05, 0) is 13.3 Å². The molecule has 0 aliphatic carbocycles. The van der Waals surface area contributed by atoms with Crippen LogP contribution in [0.3, 0.4) is 0 Å². The van der Waals surface area contributed by atoms with E-state index in [9.17, 15) is 4.79 Å². The predicted octanol–water partition coefficient (Wildman–Crippen LogP) is 0.215. The summed E-state index contributed by atoms with van der Waals surface area (Å²) in [7, 11) is 0. The zero-order valence-corrected chi connectivity index (χ0v) is 6.96. The van der Waals surface area contributed by atoms with Crippen molar-refractivity contribution in [3.05, 3.63) is 0 Å². The van der Waals surface area contributed by atoms with Crippen LogP contribution in [-0.2, 0) is 9.63 Å². The highest BCUT2D eigenvalue weighted by atomic mass is 16.7. The molecule has 66 valence electrons. The molecule has 0 bridgehead atoms. The Bertz CT molecular complexity index is 114. The molecule has 1 unspecified atom stereocenters. The molecule has 0 aromatic carbocycles. The second-order valence-electron chi connectivity index (χ2n) is 2.34. The number of aliphatic hydroxyl groups excluding tert-OH is 1. The SMILES string of the molecule is CCCCNOC(=O)C(C)O. The van der Waals surface area contributed by atoms with Crippen LogP contribution in [0.2, 0.25) is 0 Å². The van der Waals surface area contributed by atoms with E-state index in [1.165, 1.54) is 6.92 Å². The summed E-state index contributed by atoms with van der Waals surface area (Å²) in [5, 5.41) is 8.66. The molecule has 0 aromatic rings. The first kappa shape index (κ1) is 10.4. The minimum atomic E-state index is -1.05. The molecular formula is C7H15NO3. The smallest absolute Gasteiger partial charge is 0.353 e. The van der Waals surface area contributed by atoms with Crippen molar-refractivity contribution in [1.29, 1.82) is 0 Å². The van der Waals surface area contributed by atoms with Crippen LogP contribution in [0.4, 0.5) is 0 Å². The van der Waals surface area contributed by atoms with Crippen molar-refractivity contribution in [2.75, 3.05) is 6.54 Å². The van der Waals surface area contributed by atoms with Gasteiger partial charge in [0.1, 0.15) is 0 Å². The average molecular weight is 161 g/mol. The molecule has 0 saturated carbocycles. The molecule has 0 aliphatic heterocycles. The maximum Gasteiger partial charge on any atom is 0.353 e. The summed E-state index contributed by atoms with van der Waals surface area (Å²) in [5.41, 5.74) is 2.46. The lowest BCUT2D eigenvalue weighted by Crippen LogP contribution is -2.27. The largest absolute Gasteiger partial charge is 0.382 e. The Balaban J connectivity index is 3.18. The zero-order valence-electron chi connectivity index (χ0n) is 6.96. The number of carbonyl (C=O) groups is 1. The molecule has 0 radical (unpaired) electrons. The molecule has 11 heavy (non-hydrogen) atoms. The summed E-state index contributed by atoms with van der Waals surface area (Å²) in [4.78, 5) is 15.0. The van der Waals surface area contributed by atoms with Gasteiger partial charge in [0.15, 0.2) is 6.10 Å². The van der Waals surface area contributed by atoms with Crippen LogP contribution in [0.1, 0.15) is 26.7 Å². The van der Waals surface area contributed by atoms with Crippen LogP contribution < -0.4 is 5.48 Å². The van der Waals surface area contributed by atoms with E-state index in [0.29, 0.717) is 6.54 Å². The summed E-state index contributed by atoms with van der Waals surface area (Å²) in [5.74, 6) is -0.638. The quantitative estimate of drug-likeness (QED) is 0.447. The highest BCUT2D eigenvalue weighted by molar-refractivity contribution is 5.73. The van der Waals surface area contributed by atoms with Gasteiger partial charge in [-0.15, -0.1) is 0 Å². The highest BCUT2D eigenvalue weighted by Gasteiger charge is 2.08. The second kappa shape index (κ2) is 6.12. The zero-order chi connectivity index (χ0) is 8.69. The van der Waals surface area contributed by atoms with Gasteiger partial charge < -0.3 is 9.94 Å². The third-order valence-electron chi connectivity index (χ3n) is 1.15. The molecule has 4 nitrogen and oxygen atoms in total.